The third kappa shape index (κ3) is 3.41. The molecular formula is C19H18BrN3O. The normalized spacial score (nSPS) is 10.6. The first-order valence-electron chi connectivity index (χ1n) is 7.67. The highest BCUT2D eigenvalue weighted by Crippen LogP contribution is 2.19. The molecule has 0 unspecified atom stereocenters. The molecule has 0 saturated carbocycles. The molecule has 0 aliphatic heterocycles. The first-order valence-corrected chi connectivity index (χ1v) is 8.46. The van der Waals surface area contributed by atoms with E-state index in [0.29, 0.717) is 12.2 Å². The predicted octanol–water partition coefficient (Wildman–Crippen LogP) is 4.22. The number of aromatic nitrogens is 2. The van der Waals surface area contributed by atoms with E-state index in [0.717, 1.165) is 21.4 Å². The Labute approximate surface area is 149 Å². The molecule has 3 rings (SSSR count). The molecule has 1 heterocycles. The van der Waals surface area contributed by atoms with Gasteiger partial charge in [-0.1, -0.05) is 52.3 Å². The largest absolute Gasteiger partial charge is 0.336 e. The summed E-state index contributed by atoms with van der Waals surface area (Å²) < 4.78 is 2.79. The van der Waals surface area contributed by atoms with Crippen molar-refractivity contribution in [1.29, 1.82) is 0 Å². The van der Waals surface area contributed by atoms with E-state index >= 15 is 0 Å². The minimum atomic E-state index is -0.0939. The summed E-state index contributed by atoms with van der Waals surface area (Å²) in [5.74, 6) is -0.0939. The highest BCUT2D eigenvalue weighted by Gasteiger charge is 2.18. The molecule has 0 spiro atoms. The highest BCUT2D eigenvalue weighted by atomic mass is 79.9. The molecule has 24 heavy (non-hydrogen) atoms. The summed E-state index contributed by atoms with van der Waals surface area (Å²) in [5, 5.41) is 4.48. The zero-order valence-corrected chi connectivity index (χ0v) is 15.2. The number of halogens is 1. The SMILES string of the molecule is Cc1cc(C(=O)N(C)Cc2ccccc2Br)nn1-c1ccccc1. The van der Waals surface area contributed by atoms with Crippen LogP contribution in [0.15, 0.2) is 65.1 Å². The summed E-state index contributed by atoms with van der Waals surface area (Å²) in [6.45, 7) is 2.47. The molecule has 0 fully saturated rings. The molecule has 5 heteroatoms. The summed E-state index contributed by atoms with van der Waals surface area (Å²) in [4.78, 5) is 14.4. The quantitative estimate of drug-likeness (QED) is 0.676. The molecular weight excluding hydrogens is 366 g/mol. The lowest BCUT2D eigenvalue weighted by molar-refractivity contribution is 0.0778. The van der Waals surface area contributed by atoms with Crippen LogP contribution < -0.4 is 0 Å². The van der Waals surface area contributed by atoms with E-state index in [1.807, 2.05) is 67.6 Å². The van der Waals surface area contributed by atoms with Gasteiger partial charge in [0.1, 0.15) is 0 Å². The molecule has 1 aromatic heterocycles. The molecule has 122 valence electrons. The van der Waals surface area contributed by atoms with Gasteiger partial charge in [-0.05, 0) is 36.8 Å². The summed E-state index contributed by atoms with van der Waals surface area (Å²) in [6.07, 6.45) is 0. The van der Waals surface area contributed by atoms with Gasteiger partial charge in [0.05, 0.1) is 5.69 Å². The van der Waals surface area contributed by atoms with Crippen molar-refractivity contribution in [2.75, 3.05) is 7.05 Å². The lowest BCUT2D eigenvalue weighted by atomic mass is 10.2. The summed E-state index contributed by atoms with van der Waals surface area (Å²) in [7, 11) is 1.79. The van der Waals surface area contributed by atoms with Crippen molar-refractivity contribution in [2.24, 2.45) is 0 Å². The number of carbonyl (C=O) groups excluding carboxylic acids is 1. The van der Waals surface area contributed by atoms with Crippen LogP contribution in [0.25, 0.3) is 5.69 Å². The Bertz CT molecular complexity index is 858. The molecule has 1 amide bonds. The van der Waals surface area contributed by atoms with E-state index in [1.54, 1.807) is 16.6 Å². The number of nitrogens with zero attached hydrogens (tertiary/aromatic N) is 3. The lowest BCUT2D eigenvalue weighted by Crippen LogP contribution is -2.26. The molecule has 0 atom stereocenters. The average molecular weight is 384 g/mol. The Morgan fingerprint density at radius 1 is 1.12 bits per heavy atom. The van der Waals surface area contributed by atoms with Crippen molar-refractivity contribution in [3.63, 3.8) is 0 Å². The number of carbonyl (C=O) groups is 1. The number of hydrogen-bond acceptors (Lipinski definition) is 2. The second-order valence-electron chi connectivity index (χ2n) is 5.67. The Morgan fingerprint density at radius 2 is 1.79 bits per heavy atom. The second-order valence-corrected chi connectivity index (χ2v) is 6.53. The lowest BCUT2D eigenvalue weighted by Gasteiger charge is -2.16. The number of rotatable bonds is 4. The fourth-order valence-corrected chi connectivity index (χ4v) is 2.97. The maximum Gasteiger partial charge on any atom is 0.274 e. The van der Waals surface area contributed by atoms with E-state index in [2.05, 4.69) is 21.0 Å². The number of para-hydroxylation sites is 1. The van der Waals surface area contributed by atoms with E-state index in [9.17, 15) is 4.79 Å². The number of aryl methyl sites for hydroxylation is 1. The average Bonchev–Trinajstić information content (AvgIpc) is 2.98. The van der Waals surface area contributed by atoms with Crippen molar-refractivity contribution in [3.8, 4) is 5.69 Å². The first-order chi connectivity index (χ1) is 11.6. The number of hydrogen-bond donors (Lipinski definition) is 0. The Morgan fingerprint density at radius 3 is 2.50 bits per heavy atom. The maximum atomic E-state index is 12.7. The standard InChI is InChI=1S/C19H18BrN3O/c1-14-12-18(21-23(14)16-9-4-3-5-10-16)19(24)22(2)13-15-8-6-7-11-17(15)20/h3-12H,13H2,1-2H3. The number of amides is 1. The minimum absolute atomic E-state index is 0.0939. The fraction of sp³-hybridized carbons (Fsp3) is 0.158. The van der Waals surface area contributed by atoms with Gasteiger partial charge in [-0.2, -0.15) is 5.10 Å². The monoisotopic (exact) mass is 383 g/mol. The molecule has 0 aliphatic rings. The van der Waals surface area contributed by atoms with E-state index in [1.165, 1.54) is 0 Å². The summed E-state index contributed by atoms with van der Waals surface area (Å²) in [5.41, 5.74) is 3.39. The van der Waals surface area contributed by atoms with Crippen LogP contribution in [0.1, 0.15) is 21.7 Å². The van der Waals surface area contributed by atoms with Crippen molar-refractivity contribution >= 4 is 21.8 Å². The van der Waals surface area contributed by atoms with Gasteiger partial charge in [0, 0.05) is 23.8 Å². The van der Waals surface area contributed by atoms with Crippen molar-refractivity contribution in [3.05, 3.63) is 82.1 Å². The molecule has 0 radical (unpaired) electrons. The van der Waals surface area contributed by atoms with Crippen molar-refractivity contribution in [1.82, 2.24) is 14.7 Å². The molecule has 0 N–H and O–H groups in total. The highest BCUT2D eigenvalue weighted by molar-refractivity contribution is 9.10. The molecule has 0 saturated heterocycles. The molecule has 4 nitrogen and oxygen atoms in total. The van der Waals surface area contributed by atoms with Gasteiger partial charge in [0.15, 0.2) is 5.69 Å². The van der Waals surface area contributed by atoms with Gasteiger partial charge in [-0.15, -0.1) is 0 Å². The molecule has 0 aliphatic carbocycles. The molecule has 0 bridgehead atoms. The van der Waals surface area contributed by atoms with Gasteiger partial charge < -0.3 is 4.90 Å². The van der Waals surface area contributed by atoms with Crippen LogP contribution in [-0.2, 0) is 6.54 Å². The topological polar surface area (TPSA) is 38.1 Å². The van der Waals surface area contributed by atoms with Crippen molar-refractivity contribution in [2.45, 2.75) is 13.5 Å². The smallest absolute Gasteiger partial charge is 0.274 e. The van der Waals surface area contributed by atoms with Crippen LogP contribution in [0.4, 0.5) is 0 Å². The van der Waals surface area contributed by atoms with Crippen LogP contribution >= 0.6 is 15.9 Å². The summed E-state index contributed by atoms with van der Waals surface area (Å²) >= 11 is 3.52. The van der Waals surface area contributed by atoms with Crippen LogP contribution in [0.2, 0.25) is 0 Å². The minimum Gasteiger partial charge on any atom is -0.336 e. The van der Waals surface area contributed by atoms with Gasteiger partial charge in [0.25, 0.3) is 5.91 Å². The van der Waals surface area contributed by atoms with Crippen molar-refractivity contribution < 1.29 is 4.79 Å². The zero-order chi connectivity index (χ0) is 17.1. The van der Waals surface area contributed by atoms with E-state index < -0.39 is 0 Å². The van der Waals surface area contributed by atoms with Gasteiger partial charge in [0.2, 0.25) is 0 Å². The zero-order valence-electron chi connectivity index (χ0n) is 13.6. The van der Waals surface area contributed by atoms with Crippen LogP contribution in [0.3, 0.4) is 0 Å². The van der Waals surface area contributed by atoms with Gasteiger partial charge in [-0.25, -0.2) is 4.68 Å². The van der Waals surface area contributed by atoms with E-state index in [-0.39, 0.29) is 5.91 Å². The van der Waals surface area contributed by atoms with Crippen LogP contribution in [-0.4, -0.2) is 27.6 Å². The Balaban J connectivity index is 1.82. The molecule has 2 aromatic carbocycles. The molecule has 3 aromatic rings. The first kappa shape index (κ1) is 16.5. The van der Waals surface area contributed by atoms with Crippen LogP contribution in [0, 0.1) is 6.92 Å². The Kier molecular flexibility index (Phi) is 4.81. The van der Waals surface area contributed by atoms with E-state index in [4.69, 9.17) is 0 Å². The van der Waals surface area contributed by atoms with Gasteiger partial charge in [-0.3, -0.25) is 4.79 Å². The van der Waals surface area contributed by atoms with Gasteiger partial charge >= 0.3 is 0 Å². The summed E-state index contributed by atoms with van der Waals surface area (Å²) in [6, 6.07) is 19.5. The second kappa shape index (κ2) is 7.01. The Hall–Kier alpha value is -2.40. The van der Waals surface area contributed by atoms with Crippen LogP contribution in [0.5, 0.6) is 0 Å². The number of benzene rings is 2. The third-order valence-electron chi connectivity index (χ3n) is 3.82. The maximum absolute atomic E-state index is 12.7. The third-order valence-corrected chi connectivity index (χ3v) is 4.59. The predicted molar refractivity (Wildman–Crippen MR) is 98.2 cm³/mol. The fourth-order valence-electron chi connectivity index (χ4n) is 2.56.